The van der Waals surface area contributed by atoms with Crippen molar-refractivity contribution in [3.05, 3.63) is 23.9 Å². The molecular formula is C16H20F3N3O3. The zero-order chi connectivity index (χ0) is 18.2. The summed E-state index contributed by atoms with van der Waals surface area (Å²) in [6.45, 7) is -1.27. The first-order valence-electron chi connectivity index (χ1n) is 8.04. The molecule has 3 aliphatic rings. The van der Waals surface area contributed by atoms with Gasteiger partial charge < -0.3 is 20.5 Å². The third-order valence-corrected chi connectivity index (χ3v) is 5.05. The molecule has 1 heterocycles. The van der Waals surface area contributed by atoms with E-state index in [-0.39, 0.29) is 24.4 Å². The lowest BCUT2D eigenvalue weighted by molar-refractivity contribution is -0.186. The van der Waals surface area contributed by atoms with Gasteiger partial charge in [-0.2, -0.15) is 13.2 Å². The van der Waals surface area contributed by atoms with Crippen molar-refractivity contribution in [1.29, 1.82) is 0 Å². The molecule has 1 unspecified atom stereocenters. The molecule has 25 heavy (non-hydrogen) atoms. The predicted molar refractivity (Wildman–Crippen MR) is 81.6 cm³/mol. The molecule has 1 atom stereocenters. The molecule has 0 aliphatic heterocycles. The normalized spacial score (nSPS) is 25.5. The Bertz CT molecular complexity index is 636. The number of aliphatic hydroxyl groups is 1. The molecule has 3 fully saturated rings. The van der Waals surface area contributed by atoms with Crippen LogP contribution in [0.5, 0.6) is 5.88 Å². The minimum absolute atomic E-state index is 0.0663. The predicted octanol–water partition coefficient (Wildman–Crippen LogP) is 2.06. The number of nitrogens with zero attached hydrogens (tertiary/aromatic N) is 2. The van der Waals surface area contributed by atoms with E-state index in [2.05, 4.69) is 9.72 Å². The van der Waals surface area contributed by atoms with Crippen LogP contribution in [0.4, 0.5) is 18.0 Å². The molecule has 3 saturated carbocycles. The highest BCUT2D eigenvalue weighted by atomic mass is 19.4. The smallest absolute Gasteiger partial charge is 0.422 e. The summed E-state index contributed by atoms with van der Waals surface area (Å²) < 4.78 is 41.2. The summed E-state index contributed by atoms with van der Waals surface area (Å²) in [5.41, 5.74) is 5.82. The highest BCUT2D eigenvalue weighted by Gasteiger charge is 2.60. The number of alkyl halides is 3. The van der Waals surface area contributed by atoms with Crippen LogP contribution in [0.25, 0.3) is 0 Å². The van der Waals surface area contributed by atoms with Crippen molar-refractivity contribution in [2.24, 2.45) is 17.1 Å². The first kappa shape index (κ1) is 17.8. The van der Waals surface area contributed by atoms with Gasteiger partial charge in [-0.05, 0) is 42.2 Å². The van der Waals surface area contributed by atoms with Gasteiger partial charge in [0.25, 0.3) is 0 Å². The number of ether oxygens (including phenoxy) is 1. The van der Waals surface area contributed by atoms with Gasteiger partial charge in [0.15, 0.2) is 6.61 Å². The fourth-order valence-corrected chi connectivity index (χ4v) is 3.59. The molecule has 9 heteroatoms. The fourth-order valence-electron chi connectivity index (χ4n) is 3.59. The zero-order valence-corrected chi connectivity index (χ0v) is 13.5. The molecule has 2 amide bonds. The number of pyridine rings is 1. The van der Waals surface area contributed by atoms with Crippen LogP contribution in [0.3, 0.4) is 0 Å². The number of hydrogen-bond donors (Lipinski definition) is 2. The molecule has 0 saturated heterocycles. The molecule has 3 N–H and O–H groups in total. The van der Waals surface area contributed by atoms with E-state index in [1.807, 2.05) is 0 Å². The molecule has 6 nitrogen and oxygen atoms in total. The standard InChI is InChI=1S/C16H20F3N3O3/c17-16(18,19)9-25-13-3-10(1-2-21-13)7-22(14(20)24)8-12(23)15-4-11(5-15)6-15/h1-3,11-12,23H,4-9H2,(H2,20,24). The van der Waals surface area contributed by atoms with Crippen molar-refractivity contribution in [3.8, 4) is 5.88 Å². The van der Waals surface area contributed by atoms with Crippen LogP contribution in [0.2, 0.25) is 0 Å². The van der Waals surface area contributed by atoms with Crippen LogP contribution in [-0.2, 0) is 6.54 Å². The Labute approximate surface area is 142 Å². The van der Waals surface area contributed by atoms with Gasteiger partial charge in [-0.1, -0.05) is 0 Å². The van der Waals surface area contributed by atoms with Crippen LogP contribution >= 0.6 is 0 Å². The molecule has 138 valence electrons. The Morgan fingerprint density at radius 2 is 2.16 bits per heavy atom. The summed E-state index contributed by atoms with van der Waals surface area (Å²) in [6.07, 6.45) is -0.864. The number of amides is 2. The Morgan fingerprint density at radius 1 is 1.48 bits per heavy atom. The Kier molecular flexibility index (Phi) is 4.52. The van der Waals surface area contributed by atoms with Crippen LogP contribution < -0.4 is 10.5 Å². The number of urea groups is 1. The highest BCUT2D eigenvalue weighted by molar-refractivity contribution is 5.72. The second-order valence-corrected chi connectivity index (χ2v) is 6.98. The van der Waals surface area contributed by atoms with E-state index >= 15 is 0 Å². The quantitative estimate of drug-likeness (QED) is 0.780. The maximum Gasteiger partial charge on any atom is 0.422 e. The maximum atomic E-state index is 12.2. The van der Waals surface area contributed by atoms with Crippen LogP contribution in [0.1, 0.15) is 24.8 Å². The van der Waals surface area contributed by atoms with Gasteiger partial charge in [-0.15, -0.1) is 0 Å². The number of aromatic nitrogens is 1. The lowest BCUT2D eigenvalue weighted by atomic mass is 9.42. The summed E-state index contributed by atoms with van der Waals surface area (Å²) in [7, 11) is 0. The minimum Gasteiger partial charge on any atom is -0.468 e. The number of carbonyl (C=O) groups is 1. The summed E-state index contributed by atoms with van der Waals surface area (Å²) in [6, 6.07) is 2.19. The van der Waals surface area contributed by atoms with Crippen molar-refractivity contribution in [3.63, 3.8) is 0 Å². The average molecular weight is 359 g/mol. The Morgan fingerprint density at radius 3 is 2.68 bits per heavy atom. The third-order valence-electron chi connectivity index (χ3n) is 5.05. The summed E-state index contributed by atoms with van der Waals surface area (Å²) in [5, 5.41) is 10.4. The van der Waals surface area contributed by atoms with Crippen LogP contribution in [0.15, 0.2) is 18.3 Å². The van der Waals surface area contributed by atoms with Gasteiger partial charge in [0.1, 0.15) is 0 Å². The average Bonchev–Trinajstić information content (AvgIpc) is 2.40. The second-order valence-electron chi connectivity index (χ2n) is 6.98. The van der Waals surface area contributed by atoms with Crippen molar-refractivity contribution >= 4 is 6.03 Å². The summed E-state index contributed by atoms with van der Waals surface area (Å²) in [4.78, 5) is 16.7. The number of rotatable bonds is 7. The molecule has 0 aromatic carbocycles. The molecular weight excluding hydrogens is 339 g/mol. The zero-order valence-electron chi connectivity index (χ0n) is 13.5. The van der Waals surface area contributed by atoms with E-state index in [1.165, 1.54) is 17.2 Å². The van der Waals surface area contributed by atoms with E-state index < -0.39 is 24.9 Å². The van der Waals surface area contributed by atoms with E-state index in [0.717, 1.165) is 19.3 Å². The fraction of sp³-hybridized carbons (Fsp3) is 0.625. The van der Waals surface area contributed by atoms with Gasteiger partial charge in [0, 0.05) is 25.4 Å². The monoisotopic (exact) mass is 359 g/mol. The van der Waals surface area contributed by atoms with Crippen molar-refractivity contribution < 1.29 is 27.8 Å². The van der Waals surface area contributed by atoms with Gasteiger partial charge in [0.2, 0.25) is 5.88 Å². The topological polar surface area (TPSA) is 88.7 Å². The van der Waals surface area contributed by atoms with Gasteiger partial charge in [0.05, 0.1) is 6.10 Å². The van der Waals surface area contributed by atoms with Crippen molar-refractivity contribution in [2.45, 2.75) is 38.1 Å². The molecule has 4 rings (SSSR count). The Balaban J connectivity index is 1.60. The van der Waals surface area contributed by atoms with E-state index in [1.54, 1.807) is 6.07 Å². The molecule has 3 aliphatic carbocycles. The minimum atomic E-state index is -4.45. The number of hydrogen-bond acceptors (Lipinski definition) is 4. The lowest BCUT2D eigenvalue weighted by Gasteiger charge is -2.64. The summed E-state index contributed by atoms with van der Waals surface area (Å²) >= 11 is 0. The highest BCUT2D eigenvalue weighted by Crippen LogP contribution is 2.66. The molecule has 0 radical (unpaired) electrons. The van der Waals surface area contributed by atoms with Gasteiger partial charge >= 0.3 is 12.2 Å². The molecule has 1 aromatic rings. The first-order chi connectivity index (χ1) is 11.7. The number of halogens is 3. The number of nitrogens with two attached hydrogens (primary N) is 1. The van der Waals surface area contributed by atoms with Crippen LogP contribution in [0, 0.1) is 11.3 Å². The van der Waals surface area contributed by atoms with E-state index in [9.17, 15) is 23.1 Å². The lowest BCUT2D eigenvalue weighted by Crippen LogP contribution is -2.61. The SMILES string of the molecule is NC(=O)N(Cc1ccnc(OCC(F)(F)F)c1)CC(O)C12CC(C1)C2. The number of primary amides is 1. The summed E-state index contributed by atoms with van der Waals surface area (Å²) in [5.74, 6) is 0.518. The number of aliphatic hydroxyl groups excluding tert-OH is 1. The maximum absolute atomic E-state index is 12.2. The second kappa shape index (κ2) is 6.36. The van der Waals surface area contributed by atoms with E-state index in [0.29, 0.717) is 11.5 Å². The molecule has 0 spiro atoms. The third kappa shape index (κ3) is 3.97. The van der Waals surface area contributed by atoms with E-state index in [4.69, 9.17) is 5.73 Å². The molecule has 1 aromatic heterocycles. The first-order valence-corrected chi connectivity index (χ1v) is 8.04. The Hall–Kier alpha value is -2.03. The van der Waals surface area contributed by atoms with Crippen molar-refractivity contribution in [2.75, 3.05) is 13.2 Å². The van der Waals surface area contributed by atoms with Gasteiger partial charge in [-0.3, -0.25) is 0 Å². The van der Waals surface area contributed by atoms with Crippen LogP contribution in [-0.4, -0.2) is 46.5 Å². The van der Waals surface area contributed by atoms with Gasteiger partial charge in [-0.25, -0.2) is 9.78 Å². The number of carbonyl (C=O) groups excluding carboxylic acids is 1. The van der Waals surface area contributed by atoms with Crippen molar-refractivity contribution in [1.82, 2.24) is 9.88 Å². The largest absolute Gasteiger partial charge is 0.468 e. The molecule has 2 bridgehead atoms.